The second-order valence-corrected chi connectivity index (χ2v) is 11.7. The molecule has 0 aromatic carbocycles. The summed E-state index contributed by atoms with van der Waals surface area (Å²) in [6.07, 6.45) is 8.80. The molecule has 2 aromatic rings. The highest BCUT2D eigenvalue weighted by atomic mass is 32.2. The van der Waals surface area contributed by atoms with Crippen molar-refractivity contribution in [3.63, 3.8) is 0 Å². The maximum absolute atomic E-state index is 6.47. The molecule has 4 aliphatic rings. The van der Waals surface area contributed by atoms with Crippen molar-refractivity contribution in [1.29, 1.82) is 0 Å². The zero-order chi connectivity index (χ0) is 25.4. The number of anilines is 2. The molecule has 1 spiro atoms. The predicted octanol–water partition coefficient (Wildman–Crippen LogP) is 2.56. The van der Waals surface area contributed by atoms with Crippen molar-refractivity contribution >= 4 is 23.4 Å². The van der Waals surface area contributed by atoms with Crippen molar-refractivity contribution < 1.29 is 18.9 Å². The van der Waals surface area contributed by atoms with E-state index < -0.39 is 0 Å². The molecule has 11 heteroatoms. The predicted molar refractivity (Wildman–Crippen MR) is 140 cm³/mol. The van der Waals surface area contributed by atoms with Gasteiger partial charge >= 0.3 is 0 Å². The molecule has 10 nitrogen and oxygen atoms in total. The van der Waals surface area contributed by atoms with Gasteiger partial charge in [0, 0.05) is 50.3 Å². The summed E-state index contributed by atoms with van der Waals surface area (Å²) in [7, 11) is 1.65. The monoisotopic (exact) mass is 528 g/mol. The molecule has 4 atom stereocenters. The smallest absolute Gasteiger partial charge is 0.175 e. The van der Waals surface area contributed by atoms with Gasteiger partial charge in [-0.25, -0.2) is 15.0 Å². The average molecular weight is 529 g/mol. The number of pyridine rings is 1. The molecule has 0 bridgehead atoms. The van der Waals surface area contributed by atoms with Crippen LogP contribution in [0.2, 0.25) is 0 Å². The molecule has 0 aliphatic carbocycles. The van der Waals surface area contributed by atoms with Crippen LogP contribution >= 0.6 is 11.8 Å². The summed E-state index contributed by atoms with van der Waals surface area (Å²) >= 11 is 1.57. The highest BCUT2D eigenvalue weighted by Gasteiger charge is 2.47. The highest BCUT2D eigenvalue weighted by Crippen LogP contribution is 2.45. The average Bonchev–Trinajstić information content (AvgIpc) is 3.47. The number of piperidine rings is 1. The quantitative estimate of drug-likeness (QED) is 0.423. The molecule has 3 saturated heterocycles. The normalized spacial score (nSPS) is 28.3. The maximum Gasteiger partial charge on any atom is 0.175 e. The first-order chi connectivity index (χ1) is 18.1. The van der Waals surface area contributed by atoms with Crippen LogP contribution in [0.25, 0.3) is 0 Å². The number of aromatic nitrogens is 3. The molecule has 37 heavy (non-hydrogen) atoms. The van der Waals surface area contributed by atoms with Gasteiger partial charge < -0.3 is 34.5 Å². The lowest BCUT2D eigenvalue weighted by Gasteiger charge is -2.41. The zero-order valence-corrected chi connectivity index (χ0v) is 22.4. The van der Waals surface area contributed by atoms with Crippen molar-refractivity contribution in [3.8, 4) is 5.75 Å². The Morgan fingerprint density at radius 3 is 2.81 bits per heavy atom. The van der Waals surface area contributed by atoms with Crippen LogP contribution in [0.15, 0.2) is 34.6 Å². The summed E-state index contributed by atoms with van der Waals surface area (Å²) in [6, 6.07) is 2.43. The van der Waals surface area contributed by atoms with Gasteiger partial charge in [0.15, 0.2) is 11.6 Å². The topological polar surface area (TPSA) is 108 Å². The van der Waals surface area contributed by atoms with Gasteiger partial charge in [-0.1, -0.05) is 11.8 Å². The van der Waals surface area contributed by atoms with E-state index in [1.54, 1.807) is 18.9 Å². The molecule has 4 aliphatic heterocycles. The van der Waals surface area contributed by atoms with E-state index in [0.29, 0.717) is 32.0 Å². The molecule has 6 rings (SSSR count). The number of rotatable bonds is 7. The highest BCUT2D eigenvalue weighted by molar-refractivity contribution is 7.99. The number of methoxy groups -OCH3 is 1. The third-order valence-corrected chi connectivity index (χ3v) is 9.32. The summed E-state index contributed by atoms with van der Waals surface area (Å²) in [6.45, 7) is 7.27. The van der Waals surface area contributed by atoms with Crippen LogP contribution in [-0.4, -0.2) is 86.5 Å². The van der Waals surface area contributed by atoms with Gasteiger partial charge in [-0.05, 0) is 32.3 Å². The van der Waals surface area contributed by atoms with Crippen LogP contribution in [0.5, 0.6) is 5.75 Å². The fourth-order valence-electron chi connectivity index (χ4n) is 6.16. The molecule has 200 valence electrons. The summed E-state index contributed by atoms with van der Waals surface area (Å²) in [5, 5.41) is 0.837. The summed E-state index contributed by atoms with van der Waals surface area (Å²) in [4.78, 5) is 19.8. The molecule has 4 unspecified atom stereocenters. The van der Waals surface area contributed by atoms with Gasteiger partial charge in [0.1, 0.15) is 24.2 Å². The van der Waals surface area contributed by atoms with Crippen molar-refractivity contribution in [2.45, 2.75) is 54.3 Å². The number of fused-ring (bicyclic) bond motifs is 3. The molecular weight excluding hydrogens is 492 g/mol. The number of nitrogens with two attached hydrogens (primary N) is 1. The minimum atomic E-state index is 0.102. The largest absolute Gasteiger partial charge is 0.486 e. The molecule has 6 heterocycles. The molecular formula is C26H36N6O4S. The summed E-state index contributed by atoms with van der Waals surface area (Å²) < 4.78 is 22.7. The van der Waals surface area contributed by atoms with Crippen molar-refractivity contribution in [2.75, 3.05) is 63.2 Å². The van der Waals surface area contributed by atoms with Gasteiger partial charge in [-0.2, -0.15) is 0 Å². The van der Waals surface area contributed by atoms with E-state index in [9.17, 15) is 0 Å². The Morgan fingerprint density at radius 1 is 1.22 bits per heavy atom. The Balaban J connectivity index is 1.09. The first-order valence-electron chi connectivity index (χ1n) is 13.1. The van der Waals surface area contributed by atoms with Crippen LogP contribution in [0.4, 0.5) is 11.6 Å². The summed E-state index contributed by atoms with van der Waals surface area (Å²) in [5.41, 5.74) is 6.57. The van der Waals surface area contributed by atoms with Gasteiger partial charge in [-0.15, -0.1) is 0 Å². The van der Waals surface area contributed by atoms with Crippen LogP contribution in [0, 0.1) is 11.3 Å². The van der Waals surface area contributed by atoms with Crippen LogP contribution in [0.3, 0.4) is 0 Å². The van der Waals surface area contributed by atoms with E-state index in [1.807, 2.05) is 24.7 Å². The standard InChI is InChI=1S/C26H36N6O4S/c1-17-24(27)26(15-36-17)4-7-31(8-5-26)21-10-30-22(11-29-21)37-20-3-6-28-25-23(20)35-14-19-9-18(12-32(19)25)13-34-16-33-2/h3,6,10-11,17-19,24H,4-5,7-9,12-16,27H2,1-2H3. The molecule has 3 fully saturated rings. The van der Waals surface area contributed by atoms with Crippen molar-refractivity contribution in [2.24, 2.45) is 17.1 Å². The third-order valence-electron chi connectivity index (χ3n) is 8.36. The Kier molecular flexibility index (Phi) is 7.15. The van der Waals surface area contributed by atoms with Crippen LogP contribution < -0.4 is 20.3 Å². The number of ether oxygens (including phenoxy) is 4. The van der Waals surface area contributed by atoms with E-state index in [0.717, 1.165) is 72.8 Å². The minimum absolute atomic E-state index is 0.102. The first kappa shape index (κ1) is 25.1. The van der Waals surface area contributed by atoms with E-state index >= 15 is 0 Å². The molecule has 0 saturated carbocycles. The zero-order valence-electron chi connectivity index (χ0n) is 21.5. The lowest BCUT2D eigenvalue weighted by atomic mass is 9.73. The molecule has 0 radical (unpaired) electrons. The van der Waals surface area contributed by atoms with E-state index in [-0.39, 0.29) is 17.6 Å². The third kappa shape index (κ3) is 4.87. The lowest BCUT2D eigenvalue weighted by molar-refractivity contribution is -0.0414. The van der Waals surface area contributed by atoms with E-state index in [2.05, 4.69) is 21.7 Å². The van der Waals surface area contributed by atoms with Crippen LogP contribution in [-0.2, 0) is 14.2 Å². The molecule has 2 aromatic heterocycles. The first-order valence-corrected chi connectivity index (χ1v) is 13.9. The fraction of sp³-hybridized carbons (Fsp3) is 0.654. The number of nitrogens with zero attached hydrogens (tertiary/aromatic N) is 5. The fourth-order valence-corrected chi connectivity index (χ4v) is 6.97. The second kappa shape index (κ2) is 10.5. The van der Waals surface area contributed by atoms with Crippen molar-refractivity contribution in [3.05, 3.63) is 24.7 Å². The molecule has 2 N–H and O–H groups in total. The maximum atomic E-state index is 6.47. The second-order valence-electron chi connectivity index (χ2n) is 10.7. The molecule has 0 amide bonds. The Morgan fingerprint density at radius 2 is 2.08 bits per heavy atom. The van der Waals surface area contributed by atoms with Gasteiger partial charge in [0.25, 0.3) is 0 Å². The minimum Gasteiger partial charge on any atom is -0.486 e. The van der Waals surface area contributed by atoms with Gasteiger partial charge in [-0.3, -0.25) is 0 Å². The lowest BCUT2D eigenvalue weighted by Crippen LogP contribution is -2.50. The van der Waals surface area contributed by atoms with E-state index in [4.69, 9.17) is 34.6 Å². The van der Waals surface area contributed by atoms with E-state index in [1.165, 1.54) is 0 Å². The van der Waals surface area contributed by atoms with Gasteiger partial charge in [0.05, 0.1) is 42.6 Å². The van der Waals surface area contributed by atoms with Gasteiger partial charge in [0.2, 0.25) is 0 Å². The van der Waals surface area contributed by atoms with Crippen molar-refractivity contribution in [1.82, 2.24) is 15.0 Å². The Labute approximate surface area is 222 Å². The number of hydrogen-bond acceptors (Lipinski definition) is 11. The summed E-state index contributed by atoms with van der Waals surface area (Å²) in [5.74, 6) is 3.09. The Bertz CT molecular complexity index is 1080. The SMILES string of the molecule is COCOCC1CC2COc3c(Sc4cnc(N5CCC6(CC5)COC(C)C6N)cn4)ccnc3N2C1. The van der Waals surface area contributed by atoms with Crippen LogP contribution in [0.1, 0.15) is 26.2 Å². The Hall–Kier alpha value is -2.18. The number of hydrogen-bond donors (Lipinski definition) is 1.